The molecule has 190 valence electrons. The molecule has 0 saturated heterocycles. The molecular formula is C28H21BrN4O5. The first-order valence-electron chi connectivity index (χ1n) is 11.6. The number of hydrogen-bond donors (Lipinski definition) is 2. The number of nitrogens with zero attached hydrogens (tertiary/aromatic N) is 2. The molecule has 1 heterocycles. The van der Waals surface area contributed by atoms with E-state index in [1.165, 1.54) is 25.1 Å². The molecule has 5 rings (SSSR count). The smallest absolute Gasteiger partial charge is 0.294 e. The zero-order valence-corrected chi connectivity index (χ0v) is 22.2. The lowest BCUT2D eigenvalue weighted by molar-refractivity contribution is -0.383. The Morgan fingerprint density at radius 1 is 0.947 bits per heavy atom. The summed E-state index contributed by atoms with van der Waals surface area (Å²) >= 11 is 3.52. The Morgan fingerprint density at radius 2 is 1.61 bits per heavy atom. The van der Waals surface area contributed by atoms with Gasteiger partial charge >= 0.3 is 0 Å². The second-order valence-corrected chi connectivity index (χ2v) is 9.87. The maximum absolute atomic E-state index is 13.6. The first-order chi connectivity index (χ1) is 18.1. The van der Waals surface area contributed by atoms with E-state index >= 15 is 0 Å². The first-order valence-corrected chi connectivity index (χ1v) is 12.4. The first kappa shape index (κ1) is 25.1. The van der Waals surface area contributed by atoms with Crippen LogP contribution in [0, 0.1) is 24.0 Å². The number of aryl methyl sites for hydroxylation is 2. The molecule has 1 aliphatic rings. The van der Waals surface area contributed by atoms with E-state index in [1.54, 1.807) is 30.3 Å². The van der Waals surface area contributed by atoms with Crippen LogP contribution in [-0.2, 0) is 4.79 Å². The van der Waals surface area contributed by atoms with Crippen molar-refractivity contribution in [2.24, 2.45) is 0 Å². The summed E-state index contributed by atoms with van der Waals surface area (Å²) in [5, 5.41) is 18.7. The Labute approximate surface area is 225 Å². The molecule has 4 aromatic carbocycles. The van der Waals surface area contributed by atoms with Crippen molar-refractivity contribution >= 4 is 72.9 Å². The Hall–Kier alpha value is -4.57. The lowest BCUT2D eigenvalue weighted by atomic mass is 9.91. The summed E-state index contributed by atoms with van der Waals surface area (Å²) in [6, 6.07) is 16.1. The van der Waals surface area contributed by atoms with Crippen LogP contribution in [0.5, 0.6) is 0 Å². The van der Waals surface area contributed by atoms with Crippen molar-refractivity contribution in [3.63, 3.8) is 0 Å². The van der Waals surface area contributed by atoms with E-state index < -0.39 is 16.7 Å². The third-order valence-corrected chi connectivity index (χ3v) is 7.15. The molecule has 0 bridgehead atoms. The van der Waals surface area contributed by atoms with Gasteiger partial charge in [0, 0.05) is 39.5 Å². The van der Waals surface area contributed by atoms with E-state index in [1.807, 2.05) is 26.0 Å². The van der Waals surface area contributed by atoms with Gasteiger partial charge in [-0.25, -0.2) is 4.90 Å². The van der Waals surface area contributed by atoms with Crippen molar-refractivity contribution < 1.29 is 19.3 Å². The van der Waals surface area contributed by atoms with Crippen LogP contribution in [-0.4, -0.2) is 22.6 Å². The van der Waals surface area contributed by atoms with Gasteiger partial charge in [0.25, 0.3) is 17.5 Å². The number of carbonyl (C=O) groups is 3. The highest BCUT2D eigenvalue weighted by atomic mass is 79.9. The highest BCUT2D eigenvalue weighted by Gasteiger charge is 2.37. The minimum Gasteiger partial charge on any atom is -0.348 e. The molecule has 0 aromatic heterocycles. The van der Waals surface area contributed by atoms with Gasteiger partial charge in [0.2, 0.25) is 5.91 Å². The second-order valence-electron chi connectivity index (χ2n) is 9.02. The van der Waals surface area contributed by atoms with Gasteiger partial charge in [-0.3, -0.25) is 24.5 Å². The number of nitro benzene ring substituents is 1. The van der Waals surface area contributed by atoms with Crippen molar-refractivity contribution in [2.75, 3.05) is 15.5 Å². The Kier molecular flexibility index (Phi) is 6.20. The maximum atomic E-state index is 13.6. The number of hydrogen-bond acceptors (Lipinski definition) is 6. The molecule has 0 radical (unpaired) electrons. The van der Waals surface area contributed by atoms with Crippen molar-refractivity contribution in [3.8, 4) is 0 Å². The van der Waals surface area contributed by atoms with Crippen LogP contribution in [0.15, 0.2) is 65.1 Å². The maximum Gasteiger partial charge on any atom is 0.294 e. The molecule has 0 unspecified atom stereocenters. The number of anilines is 4. The average Bonchev–Trinajstić information content (AvgIpc) is 2.86. The van der Waals surface area contributed by atoms with Crippen molar-refractivity contribution in [1.82, 2.24) is 0 Å². The zero-order valence-electron chi connectivity index (χ0n) is 20.6. The fraction of sp³-hybridized carbons (Fsp3) is 0.107. The number of nitro groups is 1. The van der Waals surface area contributed by atoms with Crippen LogP contribution in [0.2, 0.25) is 0 Å². The monoisotopic (exact) mass is 572 g/mol. The van der Waals surface area contributed by atoms with Crippen LogP contribution < -0.4 is 15.5 Å². The fourth-order valence-electron chi connectivity index (χ4n) is 4.57. The number of benzene rings is 4. The van der Waals surface area contributed by atoms with Gasteiger partial charge < -0.3 is 10.6 Å². The summed E-state index contributed by atoms with van der Waals surface area (Å²) in [6.07, 6.45) is 0. The number of halogens is 1. The molecule has 1 aliphatic heterocycles. The molecular weight excluding hydrogens is 552 g/mol. The molecule has 0 spiro atoms. The van der Waals surface area contributed by atoms with Gasteiger partial charge in [0.05, 0.1) is 21.9 Å². The standard InChI is InChI=1S/C28H21BrN4O5/c1-14-11-22(29)23(12-15(14)2)31-26-19-5-4-6-20-25(19)21(13-24(26)33(37)38)28(36)32(27(20)35)18-9-7-17(8-10-18)30-16(3)34/h4-13,31H,1-3H3,(H,30,34). The van der Waals surface area contributed by atoms with Crippen LogP contribution in [0.1, 0.15) is 38.8 Å². The van der Waals surface area contributed by atoms with Gasteiger partial charge in [-0.05, 0) is 83.4 Å². The topological polar surface area (TPSA) is 122 Å². The summed E-state index contributed by atoms with van der Waals surface area (Å²) in [7, 11) is 0. The summed E-state index contributed by atoms with van der Waals surface area (Å²) in [5.41, 5.74) is 3.64. The molecule has 9 nitrogen and oxygen atoms in total. The zero-order chi connectivity index (χ0) is 27.3. The number of carbonyl (C=O) groups excluding carboxylic acids is 3. The third-order valence-electron chi connectivity index (χ3n) is 6.49. The summed E-state index contributed by atoms with van der Waals surface area (Å²) in [6.45, 7) is 5.27. The quantitative estimate of drug-likeness (QED) is 0.157. The lowest BCUT2D eigenvalue weighted by Crippen LogP contribution is -2.40. The average molecular weight is 573 g/mol. The predicted molar refractivity (Wildman–Crippen MR) is 149 cm³/mol. The number of nitrogens with one attached hydrogen (secondary N) is 2. The molecule has 38 heavy (non-hydrogen) atoms. The molecule has 0 atom stereocenters. The number of amides is 3. The molecule has 10 heteroatoms. The number of imide groups is 1. The van der Waals surface area contributed by atoms with Gasteiger partial charge in [0.1, 0.15) is 5.69 Å². The molecule has 0 fully saturated rings. The summed E-state index contributed by atoms with van der Waals surface area (Å²) in [4.78, 5) is 51.2. The normalized spacial score (nSPS) is 12.6. The van der Waals surface area contributed by atoms with E-state index in [9.17, 15) is 24.5 Å². The van der Waals surface area contributed by atoms with Gasteiger partial charge in [-0.15, -0.1) is 0 Å². The van der Waals surface area contributed by atoms with Crippen LogP contribution in [0.25, 0.3) is 10.8 Å². The largest absolute Gasteiger partial charge is 0.348 e. The summed E-state index contributed by atoms with van der Waals surface area (Å²) in [5.74, 6) is -1.48. The molecule has 0 saturated carbocycles. The lowest BCUT2D eigenvalue weighted by Gasteiger charge is -2.28. The van der Waals surface area contributed by atoms with E-state index in [0.29, 0.717) is 22.1 Å². The van der Waals surface area contributed by atoms with Gasteiger partial charge in [-0.1, -0.05) is 12.1 Å². The minimum atomic E-state index is -0.673. The predicted octanol–water partition coefficient (Wildman–Crippen LogP) is 6.63. The van der Waals surface area contributed by atoms with Crippen molar-refractivity contribution in [2.45, 2.75) is 20.8 Å². The number of rotatable bonds is 5. The van der Waals surface area contributed by atoms with Crippen LogP contribution >= 0.6 is 15.9 Å². The fourth-order valence-corrected chi connectivity index (χ4v) is 5.13. The summed E-state index contributed by atoms with van der Waals surface area (Å²) < 4.78 is 0.719. The van der Waals surface area contributed by atoms with Crippen LogP contribution in [0.4, 0.5) is 28.4 Å². The van der Waals surface area contributed by atoms with Gasteiger partial charge in [0.15, 0.2) is 0 Å². The molecule has 0 aliphatic carbocycles. The van der Waals surface area contributed by atoms with Crippen molar-refractivity contribution in [1.29, 1.82) is 0 Å². The second kappa shape index (κ2) is 9.38. The highest BCUT2D eigenvalue weighted by Crippen LogP contribution is 2.43. The van der Waals surface area contributed by atoms with E-state index in [0.717, 1.165) is 20.5 Å². The van der Waals surface area contributed by atoms with E-state index in [2.05, 4.69) is 26.6 Å². The van der Waals surface area contributed by atoms with E-state index in [-0.39, 0.29) is 34.1 Å². The van der Waals surface area contributed by atoms with E-state index in [4.69, 9.17) is 0 Å². The third kappa shape index (κ3) is 4.18. The molecule has 4 aromatic rings. The molecule has 2 N–H and O–H groups in total. The van der Waals surface area contributed by atoms with Gasteiger partial charge in [-0.2, -0.15) is 0 Å². The van der Waals surface area contributed by atoms with Crippen molar-refractivity contribution in [3.05, 3.63) is 97.5 Å². The molecule has 3 amide bonds. The highest BCUT2D eigenvalue weighted by molar-refractivity contribution is 9.10. The SMILES string of the molecule is CC(=O)Nc1ccc(N2C(=O)c3cccc4c(Nc5cc(C)c(C)cc5Br)c([N+](=O)[O-])cc(c34)C2=O)cc1. The minimum absolute atomic E-state index is 0.0533. The Morgan fingerprint density at radius 3 is 2.26 bits per heavy atom. The van der Waals surface area contributed by atoms with Crippen LogP contribution in [0.3, 0.4) is 0 Å². The Balaban J connectivity index is 1.67. The Bertz CT molecular complexity index is 1700.